The molecule has 0 aromatic heterocycles. The van der Waals surface area contributed by atoms with E-state index in [0.29, 0.717) is 11.3 Å². The molecule has 2 rings (SSSR count). The van der Waals surface area contributed by atoms with Crippen LogP contribution in [0.4, 0.5) is 0 Å². The first kappa shape index (κ1) is 11.0. The molecule has 1 unspecified atom stereocenters. The standard InChI is InChI=1S/C13H18ClN/c1-13(2)9-15-8-7-11(13)10-5-3-4-6-12(10)14/h3-6,11,15H,7-9H2,1-2H3. The zero-order valence-electron chi connectivity index (χ0n) is 9.39. The highest BCUT2D eigenvalue weighted by atomic mass is 35.5. The number of rotatable bonds is 1. The summed E-state index contributed by atoms with van der Waals surface area (Å²) in [6.45, 7) is 6.79. The van der Waals surface area contributed by atoms with Crippen molar-refractivity contribution in [3.05, 3.63) is 34.9 Å². The predicted molar refractivity (Wildman–Crippen MR) is 65.5 cm³/mol. The fourth-order valence-corrected chi connectivity index (χ4v) is 2.77. The number of benzene rings is 1. The molecule has 0 spiro atoms. The minimum absolute atomic E-state index is 0.295. The molecule has 1 N–H and O–H groups in total. The zero-order chi connectivity index (χ0) is 10.9. The normalized spacial score (nSPS) is 25.1. The number of nitrogens with one attached hydrogen (secondary N) is 1. The molecule has 1 atom stereocenters. The molecule has 1 aromatic carbocycles. The van der Waals surface area contributed by atoms with Gasteiger partial charge in [-0.3, -0.25) is 0 Å². The molecule has 0 bridgehead atoms. The Morgan fingerprint density at radius 3 is 2.73 bits per heavy atom. The van der Waals surface area contributed by atoms with Gasteiger partial charge in [-0.2, -0.15) is 0 Å². The highest BCUT2D eigenvalue weighted by molar-refractivity contribution is 6.31. The molecule has 1 fully saturated rings. The van der Waals surface area contributed by atoms with Crippen LogP contribution in [-0.2, 0) is 0 Å². The number of hydrogen-bond donors (Lipinski definition) is 1. The first-order valence-electron chi connectivity index (χ1n) is 5.56. The van der Waals surface area contributed by atoms with E-state index in [1.54, 1.807) is 0 Å². The summed E-state index contributed by atoms with van der Waals surface area (Å²) in [6.07, 6.45) is 1.18. The van der Waals surface area contributed by atoms with Crippen LogP contribution in [0.2, 0.25) is 5.02 Å². The van der Waals surface area contributed by atoms with E-state index in [-0.39, 0.29) is 0 Å². The maximum atomic E-state index is 6.26. The zero-order valence-corrected chi connectivity index (χ0v) is 10.1. The van der Waals surface area contributed by atoms with Crippen LogP contribution in [0.3, 0.4) is 0 Å². The summed E-state index contributed by atoms with van der Waals surface area (Å²) in [6, 6.07) is 8.24. The van der Waals surface area contributed by atoms with E-state index in [4.69, 9.17) is 11.6 Å². The molecule has 1 aliphatic heterocycles. The second-order valence-corrected chi connectivity index (χ2v) is 5.44. The molecule has 0 amide bonds. The summed E-state index contributed by atoms with van der Waals surface area (Å²) in [7, 11) is 0. The van der Waals surface area contributed by atoms with Crippen LogP contribution in [0.25, 0.3) is 0 Å². The first-order chi connectivity index (χ1) is 7.11. The average molecular weight is 224 g/mol. The smallest absolute Gasteiger partial charge is 0.0441 e. The lowest BCUT2D eigenvalue weighted by atomic mass is 9.71. The average Bonchev–Trinajstić information content (AvgIpc) is 2.19. The van der Waals surface area contributed by atoms with Crippen molar-refractivity contribution >= 4 is 11.6 Å². The lowest BCUT2D eigenvalue weighted by molar-refractivity contribution is 0.219. The molecular weight excluding hydrogens is 206 g/mol. The summed E-state index contributed by atoms with van der Waals surface area (Å²) < 4.78 is 0. The second-order valence-electron chi connectivity index (χ2n) is 5.03. The summed E-state index contributed by atoms with van der Waals surface area (Å²) in [4.78, 5) is 0. The molecule has 0 radical (unpaired) electrons. The second kappa shape index (κ2) is 4.15. The molecule has 0 aliphatic carbocycles. The van der Waals surface area contributed by atoms with Crippen molar-refractivity contribution in [1.82, 2.24) is 5.32 Å². The molecule has 1 heterocycles. The van der Waals surface area contributed by atoms with Gasteiger partial charge in [0.05, 0.1) is 0 Å². The Morgan fingerprint density at radius 1 is 1.33 bits per heavy atom. The fourth-order valence-electron chi connectivity index (χ4n) is 2.51. The van der Waals surface area contributed by atoms with Crippen LogP contribution < -0.4 is 5.32 Å². The SMILES string of the molecule is CC1(C)CNCCC1c1ccccc1Cl. The topological polar surface area (TPSA) is 12.0 Å². The van der Waals surface area contributed by atoms with Crippen molar-refractivity contribution in [1.29, 1.82) is 0 Å². The third kappa shape index (κ3) is 2.19. The lowest BCUT2D eigenvalue weighted by Crippen LogP contribution is -2.41. The van der Waals surface area contributed by atoms with E-state index < -0.39 is 0 Å². The number of hydrogen-bond acceptors (Lipinski definition) is 1. The quantitative estimate of drug-likeness (QED) is 0.769. The Hall–Kier alpha value is -0.530. The Bertz CT molecular complexity index is 346. The van der Waals surface area contributed by atoms with Gasteiger partial charge in [-0.05, 0) is 35.9 Å². The Morgan fingerprint density at radius 2 is 2.07 bits per heavy atom. The lowest BCUT2D eigenvalue weighted by Gasteiger charge is -2.39. The van der Waals surface area contributed by atoms with E-state index in [0.717, 1.165) is 18.1 Å². The summed E-state index contributed by atoms with van der Waals surface area (Å²) in [5.41, 5.74) is 1.61. The van der Waals surface area contributed by atoms with Gasteiger partial charge in [-0.1, -0.05) is 43.6 Å². The molecule has 1 aliphatic rings. The monoisotopic (exact) mass is 223 g/mol. The van der Waals surface area contributed by atoms with Crippen LogP contribution in [0.5, 0.6) is 0 Å². The molecule has 1 saturated heterocycles. The van der Waals surface area contributed by atoms with Crippen LogP contribution >= 0.6 is 11.6 Å². The van der Waals surface area contributed by atoms with Gasteiger partial charge in [0, 0.05) is 11.6 Å². The van der Waals surface area contributed by atoms with Gasteiger partial charge in [-0.15, -0.1) is 0 Å². The number of piperidine rings is 1. The first-order valence-corrected chi connectivity index (χ1v) is 5.94. The predicted octanol–water partition coefficient (Wildman–Crippen LogP) is 3.44. The molecule has 82 valence electrons. The third-order valence-corrected chi connectivity index (χ3v) is 3.76. The van der Waals surface area contributed by atoms with E-state index >= 15 is 0 Å². The van der Waals surface area contributed by atoms with E-state index in [9.17, 15) is 0 Å². The fraction of sp³-hybridized carbons (Fsp3) is 0.538. The van der Waals surface area contributed by atoms with Crippen LogP contribution in [-0.4, -0.2) is 13.1 Å². The van der Waals surface area contributed by atoms with Crippen molar-refractivity contribution in [2.45, 2.75) is 26.2 Å². The number of halogens is 1. The molecule has 1 nitrogen and oxygen atoms in total. The van der Waals surface area contributed by atoms with Crippen molar-refractivity contribution < 1.29 is 0 Å². The minimum atomic E-state index is 0.295. The largest absolute Gasteiger partial charge is 0.316 e. The van der Waals surface area contributed by atoms with Gasteiger partial charge < -0.3 is 5.32 Å². The Labute approximate surface area is 96.8 Å². The van der Waals surface area contributed by atoms with Crippen molar-refractivity contribution in [3.8, 4) is 0 Å². The molecular formula is C13H18ClN. The van der Waals surface area contributed by atoms with Gasteiger partial charge in [0.2, 0.25) is 0 Å². The van der Waals surface area contributed by atoms with E-state index in [2.05, 4.69) is 31.3 Å². The van der Waals surface area contributed by atoms with Gasteiger partial charge in [-0.25, -0.2) is 0 Å². The highest BCUT2D eigenvalue weighted by Crippen LogP contribution is 2.42. The third-order valence-electron chi connectivity index (χ3n) is 3.41. The summed E-state index contributed by atoms with van der Waals surface area (Å²) in [5, 5.41) is 4.37. The van der Waals surface area contributed by atoms with Crippen LogP contribution in [0, 0.1) is 5.41 Å². The maximum Gasteiger partial charge on any atom is 0.0441 e. The molecule has 1 aromatic rings. The molecule has 15 heavy (non-hydrogen) atoms. The van der Waals surface area contributed by atoms with Crippen molar-refractivity contribution in [2.75, 3.05) is 13.1 Å². The van der Waals surface area contributed by atoms with Gasteiger partial charge in [0.25, 0.3) is 0 Å². The summed E-state index contributed by atoms with van der Waals surface area (Å²) >= 11 is 6.26. The van der Waals surface area contributed by atoms with Crippen LogP contribution in [0.15, 0.2) is 24.3 Å². The summed E-state index contributed by atoms with van der Waals surface area (Å²) in [5.74, 6) is 0.576. The van der Waals surface area contributed by atoms with Gasteiger partial charge in [0.1, 0.15) is 0 Å². The van der Waals surface area contributed by atoms with Crippen molar-refractivity contribution in [3.63, 3.8) is 0 Å². The van der Waals surface area contributed by atoms with Gasteiger partial charge >= 0.3 is 0 Å². The minimum Gasteiger partial charge on any atom is -0.316 e. The Balaban J connectivity index is 2.33. The van der Waals surface area contributed by atoms with E-state index in [1.165, 1.54) is 12.0 Å². The van der Waals surface area contributed by atoms with Gasteiger partial charge in [0.15, 0.2) is 0 Å². The maximum absolute atomic E-state index is 6.26. The molecule has 0 saturated carbocycles. The Kier molecular flexibility index (Phi) is 3.03. The van der Waals surface area contributed by atoms with Crippen LogP contribution in [0.1, 0.15) is 31.7 Å². The highest BCUT2D eigenvalue weighted by Gasteiger charge is 2.33. The van der Waals surface area contributed by atoms with Crippen molar-refractivity contribution in [2.24, 2.45) is 5.41 Å². The molecule has 2 heteroatoms. The van der Waals surface area contributed by atoms with E-state index in [1.807, 2.05) is 12.1 Å².